The first-order chi connectivity index (χ1) is 13.2. The van der Waals surface area contributed by atoms with Crippen molar-refractivity contribution in [2.45, 2.75) is 23.6 Å². The molecule has 9 heteroatoms. The summed E-state index contributed by atoms with van der Waals surface area (Å²) < 4.78 is 32.1. The molecule has 0 radical (unpaired) electrons. The van der Waals surface area contributed by atoms with Crippen molar-refractivity contribution in [1.82, 2.24) is 4.98 Å². The molecular weight excluding hydrogens is 398 g/mol. The van der Waals surface area contributed by atoms with E-state index >= 15 is 0 Å². The Labute approximate surface area is 171 Å². The average Bonchev–Trinajstić information content (AvgIpc) is 2.70. The highest BCUT2D eigenvalue weighted by Gasteiger charge is 2.26. The molecule has 3 rings (SSSR count). The Kier molecular flexibility index (Phi) is 7.85. The number of aromatic nitrogens is 1. The van der Waals surface area contributed by atoms with Gasteiger partial charge >= 0.3 is 0 Å². The summed E-state index contributed by atoms with van der Waals surface area (Å²) in [4.78, 5) is 9.62. The van der Waals surface area contributed by atoms with Gasteiger partial charge in [-0.05, 0) is 38.1 Å². The predicted octanol–water partition coefficient (Wildman–Crippen LogP) is 3.26. The van der Waals surface area contributed by atoms with Crippen molar-refractivity contribution >= 4 is 33.7 Å². The van der Waals surface area contributed by atoms with E-state index in [0.29, 0.717) is 0 Å². The zero-order valence-corrected chi connectivity index (χ0v) is 18.3. The SMILES string of the molecule is CC[N+](C)(CC)CCN1c2ccccc2Sc2cccnc21.COS(=O)(=O)[O-]. The molecule has 0 aliphatic carbocycles. The molecule has 1 aromatic carbocycles. The molecule has 0 saturated carbocycles. The summed E-state index contributed by atoms with van der Waals surface area (Å²) in [7, 11) is -1.27. The number of rotatable bonds is 6. The molecule has 7 nitrogen and oxygen atoms in total. The third kappa shape index (κ3) is 5.92. The molecule has 0 spiro atoms. The lowest BCUT2D eigenvalue weighted by Crippen LogP contribution is -2.48. The van der Waals surface area contributed by atoms with Gasteiger partial charge in [-0.2, -0.15) is 0 Å². The number of anilines is 2. The van der Waals surface area contributed by atoms with E-state index in [0.717, 1.165) is 43.6 Å². The number of para-hydroxylation sites is 1. The number of nitrogens with zero attached hydrogens (tertiary/aromatic N) is 3. The Morgan fingerprint density at radius 3 is 2.36 bits per heavy atom. The largest absolute Gasteiger partial charge is 0.726 e. The summed E-state index contributed by atoms with van der Waals surface area (Å²) in [5.41, 5.74) is 1.29. The Bertz CT molecular complexity index is 841. The molecule has 0 unspecified atom stereocenters. The van der Waals surface area contributed by atoms with Crippen LogP contribution in [0.3, 0.4) is 0 Å². The predicted molar refractivity (Wildman–Crippen MR) is 111 cm³/mol. The Balaban J connectivity index is 0.000000409. The van der Waals surface area contributed by atoms with Gasteiger partial charge in [-0.3, -0.25) is 4.18 Å². The van der Waals surface area contributed by atoms with Crippen molar-refractivity contribution < 1.29 is 21.6 Å². The summed E-state index contributed by atoms with van der Waals surface area (Å²) in [5.74, 6) is 1.10. The standard InChI is InChI=1S/C18H24N3S.CH4O4S/c1-4-21(3,5-2)14-13-20-15-9-6-7-10-16(15)22-17-11-8-12-19-18(17)20;1-5-6(2,3)4/h6-12H,4-5,13-14H2,1-3H3;1H3,(H,2,3,4)/q+1;/p-1. The summed E-state index contributed by atoms with van der Waals surface area (Å²) >= 11 is 1.82. The van der Waals surface area contributed by atoms with E-state index in [1.807, 2.05) is 24.0 Å². The monoisotopic (exact) mass is 425 g/mol. The van der Waals surface area contributed by atoms with Gasteiger partial charge in [-0.25, -0.2) is 13.4 Å². The first-order valence-corrected chi connectivity index (χ1v) is 11.2. The van der Waals surface area contributed by atoms with Crippen LogP contribution >= 0.6 is 11.8 Å². The van der Waals surface area contributed by atoms with E-state index in [4.69, 9.17) is 0 Å². The fourth-order valence-electron chi connectivity index (χ4n) is 2.77. The normalized spacial score (nSPS) is 13.2. The maximum Gasteiger partial charge on any atom is 0.217 e. The van der Waals surface area contributed by atoms with Crippen LogP contribution in [-0.4, -0.2) is 62.8 Å². The van der Waals surface area contributed by atoms with Crippen molar-refractivity contribution in [3.05, 3.63) is 42.6 Å². The number of likely N-dealkylation sites (N-methyl/N-ethyl adjacent to an activating group) is 1. The molecule has 0 bridgehead atoms. The first-order valence-electron chi connectivity index (χ1n) is 9.07. The highest BCUT2D eigenvalue weighted by molar-refractivity contribution is 7.99. The van der Waals surface area contributed by atoms with Gasteiger partial charge in [0.2, 0.25) is 10.4 Å². The lowest BCUT2D eigenvalue weighted by atomic mass is 10.2. The molecule has 0 atom stereocenters. The quantitative estimate of drug-likeness (QED) is 0.399. The second kappa shape index (κ2) is 9.71. The first kappa shape index (κ1) is 22.6. The number of pyridine rings is 1. The van der Waals surface area contributed by atoms with Crippen LogP contribution in [0, 0.1) is 0 Å². The van der Waals surface area contributed by atoms with Crippen molar-refractivity contribution in [1.29, 1.82) is 0 Å². The van der Waals surface area contributed by atoms with E-state index in [1.54, 1.807) is 0 Å². The molecule has 0 saturated heterocycles. The van der Waals surface area contributed by atoms with Gasteiger partial charge < -0.3 is 13.9 Å². The third-order valence-electron chi connectivity index (χ3n) is 4.98. The molecule has 28 heavy (non-hydrogen) atoms. The highest BCUT2D eigenvalue weighted by Crippen LogP contribution is 2.46. The molecule has 2 heterocycles. The fraction of sp³-hybridized carbons (Fsp3) is 0.421. The van der Waals surface area contributed by atoms with Crippen molar-refractivity contribution in [2.75, 3.05) is 45.2 Å². The summed E-state index contributed by atoms with van der Waals surface area (Å²) in [6.07, 6.45) is 1.90. The fourth-order valence-corrected chi connectivity index (χ4v) is 3.84. The van der Waals surface area contributed by atoms with E-state index in [2.05, 4.69) is 65.3 Å². The van der Waals surface area contributed by atoms with Crippen molar-refractivity contribution in [3.63, 3.8) is 0 Å². The van der Waals surface area contributed by atoms with Gasteiger partial charge in [0, 0.05) is 11.1 Å². The van der Waals surface area contributed by atoms with Gasteiger partial charge in [0.25, 0.3) is 0 Å². The third-order valence-corrected chi connectivity index (χ3v) is 6.49. The van der Waals surface area contributed by atoms with Crippen molar-refractivity contribution in [3.8, 4) is 0 Å². The minimum absolute atomic E-state index is 0.808. The van der Waals surface area contributed by atoms with Crippen molar-refractivity contribution in [2.24, 2.45) is 0 Å². The molecule has 0 fully saturated rings. The van der Waals surface area contributed by atoms with Crippen LogP contribution in [0.2, 0.25) is 0 Å². The molecule has 0 amide bonds. The van der Waals surface area contributed by atoms with E-state index in [1.165, 1.54) is 15.5 Å². The maximum absolute atomic E-state index is 9.22. The summed E-state index contributed by atoms with van der Waals surface area (Å²) in [5, 5.41) is 0. The molecule has 2 aromatic rings. The smallest absolute Gasteiger partial charge is 0.217 e. The molecule has 1 aromatic heterocycles. The second-order valence-electron chi connectivity index (χ2n) is 6.60. The number of benzene rings is 1. The Morgan fingerprint density at radius 2 is 1.75 bits per heavy atom. The second-order valence-corrected chi connectivity index (χ2v) is 8.83. The van der Waals surface area contributed by atoms with Crippen LogP contribution in [0.25, 0.3) is 0 Å². The number of hydrogen-bond acceptors (Lipinski definition) is 7. The summed E-state index contributed by atoms with van der Waals surface area (Å²) in [6.45, 7) is 9.00. The Morgan fingerprint density at radius 1 is 1.14 bits per heavy atom. The number of hydrogen-bond donors (Lipinski definition) is 0. The van der Waals surface area contributed by atoms with Gasteiger partial charge in [0.1, 0.15) is 5.82 Å². The maximum atomic E-state index is 9.22. The Hall–Kier alpha value is -1.65. The van der Waals surface area contributed by atoms with Gasteiger partial charge in [-0.1, -0.05) is 23.9 Å². The zero-order valence-electron chi connectivity index (χ0n) is 16.7. The zero-order chi connectivity index (χ0) is 20.8. The number of quaternary nitrogens is 1. The van der Waals surface area contributed by atoms with E-state index < -0.39 is 10.4 Å². The molecule has 1 aliphatic rings. The topological polar surface area (TPSA) is 82.6 Å². The lowest BCUT2D eigenvalue weighted by molar-refractivity contribution is -0.904. The van der Waals surface area contributed by atoms with E-state index in [9.17, 15) is 13.0 Å². The van der Waals surface area contributed by atoms with Crippen LogP contribution < -0.4 is 4.90 Å². The highest BCUT2D eigenvalue weighted by atomic mass is 32.3. The summed E-state index contributed by atoms with van der Waals surface area (Å²) in [6, 6.07) is 12.8. The molecule has 1 aliphatic heterocycles. The van der Waals surface area contributed by atoms with Crippen LogP contribution in [0.15, 0.2) is 52.4 Å². The van der Waals surface area contributed by atoms with Crippen LogP contribution in [0.5, 0.6) is 0 Å². The van der Waals surface area contributed by atoms with Gasteiger partial charge in [0.15, 0.2) is 0 Å². The van der Waals surface area contributed by atoms with Gasteiger partial charge in [-0.15, -0.1) is 0 Å². The molecule has 0 N–H and O–H groups in total. The average molecular weight is 426 g/mol. The minimum atomic E-state index is -4.41. The van der Waals surface area contributed by atoms with Crippen LogP contribution in [0.1, 0.15) is 13.8 Å². The minimum Gasteiger partial charge on any atom is -0.726 e. The number of fused-ring (bicyclic) bond motifs is 2. The van der Waals surface area contributed by atoms with Gasteiger partial charge in [0.05, 0.1) is 50.9 Å². The molecule has 154 valence electrons. The van der Waals surface area contributed by atoms with Crippen LogP contribution in [-0.2, 0) is 14.6 Å². The molecular formula is C19H27N3O4S2. The van der Waals surface area contributed by atoms with E-state index in [-0.39, 0.29) is 0 Å². The lowest BCUT2D eigenvalue weighted by Gasteiger charge is -2.37. The van der Waals surface area contributed by atoms with Crippen LogP contribution in [0.4, 0.5) is 11.5 Å².